The van der Waals surface area contributed by atoms with Gasteiger partial charge >= 0.3 is 0 Å². The Kier molecular flexibility index (Phi) is 5.95. The molecule has 1 N–H and O–H groups in total. The number of hydrogen-bond acceptors (Lipinski definition) is 9. The predicted octanol–water partition coefficient (Wildman–Crippen LogP) is 2.73. The molecule has 0 bridgehead atoms. The molecule has 3 aromatic heterocycles. The summed E-state index contributed by atoms with van der Waals surface area (Å²) in [5.74, 6) is 1.46. The third kappa shape index (κ3) is 4.35. The minimum absolute atomic E-state index is 0.114. The summed E-state index contributed by atoms with van der Waals surface area (Å²) in [6.45, 7) is 2.85. The maximum Gasteiger partial charge on any atom is 0.263 e. The predicted molar refractivity (Wildman–Crippen MR) is 127 cm³/mol. The highest BCUT2D eigenvalue weighted by atomic mass is 32.2. The first-order chi connectivity index (χ1) is 16.5. The van der Waals surface area contributed by atoms with Crippen molar-refractivity contribution in [1.82, 2.24) is 19.9 Å². The Labute approximate surface area is 196 Å². The number of methoxy groups -OCH3 is 1. The number of aromatic nitrogens is 4. The highest BCUT2D eigenvalue weighted by Gasteiger charge is 2.20. The Morgan fingerprint density at radius 1 is 1.03 bits per heavy atom. The van der Waals surface area contributed by atoms with E-state index in [1.165, 1.54) is 18.6 Å². The summed E-state index contributed by atoms with van der Waals surface area (Å²) in [5, 5.41) is 1.50. The van der Waals surface area contributed by atoms with Gasteiger partial charge < -0.3 is 14.4 Å². The zero-order valence-electron chi connectivity index (χ0n) is 18.4. The number of nitrogens with one attached hydrogen (secondary N) is 1. The summed E-state index contributed by atoms with van der Waals surface area (Å²) >= 11 is 0. The van der Waals surface area contributed by atoms with Gasteiger partial charge in [0.2, 0.25) is 5.88 Å². The number of benzene rings is 1. The average Bonchev–Trinajstić information content (AvgIpc) is 2.88. The lowest BCUT2D eigenvalue weighted by Gasteiger charge is -2.28. The number of sulfonamides is 1. The molecule has 0 unspecified atom stereocenters. The number of rotatable bonds is 6. The first-order valence-electron chi connectivity index (χ1n) is 10.6. The van der Waals surface area contributed by atoms with E-state index in [-0.39, 0.29) is 10.7 Å². The molecule has 1 aliphatic rings. The van der Waals surface area contributed by atoms with Gasteiger partial charge in [0.25, 0.3) is 10.0 Å². The molecule has 1 aliphatic heterocycles. The lowest BCUT2D eigenvalue weighted by Crippen LogP contribution is -2.36. The molecule has 1 saturated heterocycles. The Balaban J connectivity index is 1.51. The monoisotopic (exact) mass is 478 g/mol. The maximum absolute atomic E-state index is 12.9. The highest BCUT2D eigenvalue weighted by Crippen LogP contribution is 2.34. The fourth-order valence-corrected chi connectivity index (χ4v) is 4.86. The van der Waals surface area contributed by atoms with Crippen molar-refractivity contribution in [1.29, 1.82) is 0 Å². The molecule has 0 amide bonds. The van der Waals surface area contributed by atoms with Crippen molar-refractivity contribution in [2.45, 2.75) is 4.90 Å². The number of pyridine rings is 2. The van der Waals surface area contributed by atoms with Crippen LogP contribution in [-0.4, -0.2) is 61.8 Å². The standard InChI is InChI=1S/C23H22N6O4S/c1-32-23-19(4-5-21(27-23)29-10-12-33-13-11-29)22-18-3-2-17(14-16(18)6-9-25-22)34(30,31)28-20-7-8-24-15-26-20/h2-9,14-15H,10-13H2,1H3,(H,24,26,28). The topological polar surface area (TPSA) is 119 Å². The fourth-order valence-electron chi connectivity index (χ4n) is 3.82. The van der Waals surface area contributed by atoms with Gasteiger partial charge in [-0.05, 0) is 41.8 Å². The van der Waals surface area contributed by atoms with E-state index in [0.29, 0.717) is 24.8 Å². The van der Waals surface area contributed by atoms with Crippen molar-refractivity contribution in [3.63, 3.8) is 0 Å². The van der Waals surface area contributed by atoms with Gasteiger partial charge in [-0.1, -0.05) is 6.07 Å². The molecular formula is C23H22N6O4S. The van der Waals surface area contributed by atoms with Crippen molar-refractivity contribution in [3.05, 3.63) is 61.2 Å². The lowest BCUT2D eigenvalue weighted by atomic mass is 10.0. The highest BCUT2D eigenvalue weighted by molar-refractivity contribution is 7.92. The third-order valence-electron chi connectivity index (χ3n) is 5.50. The summed E-state index contributed by atoms with van der Waals surface area (Å²) in [6.07, 6.45) is 4.39. The zero-order valence-corrected chi connectivity index (χ0v) is 19.2. The molecule has 0 atom stereocenters. The van der Waals surface area contributed by atoms with Crippen molar-refractivity contribution in [3.8, 4) is 17.1 Å². The smallest absolute Gasteiger partial charge is 0.263 e. The normalized spacial score (nSPS) is 14.2. The summed E-state index contributed by atoms with van der Waals surface area (Å²) in [6, 6.07) is 12.0. The molecule has 5 rings (SSSR count). The van der Waals surface area contributed by atoms with Gasteiger partial charge in [0.1, 0.15) is 18.0 Å². The van der Waals surface area contributed by atoms with Crippen molar-refractivity contribution >= 4 is 32.4 Å². The second-order valence-electron chi connectivity index (χ2n) is 7.57. The van der Waals surface area contributed by atoms with Crippen LogP contribution >= 0.6 is 0 Å². The quantitative estimate of drug-likeness (QED) is 0.446. The minimum Gasteiger partial charge on any atom is -0.480 e. The largest absolute Gasteiger partial charge is 0.480 e. The van der Waals surface area contributed by atoms with Crippen LogP contribution in [0.2, 0.25) is 0 Å². The van der Waals surface area contributed by atoms with E-state index in [4.69, 9.17) is 14.5 Å². The molecule has 0 aliphatic carbocycles. The van der Waals surface area contributed by atoms with Gasteiger partial charge in [-0.25, -0.2) is 18.4 Å². The Morgan fingerprint density at radius 3 is 2.65 bits per heavy atom. The van der Waals surface area contributed by atoms with Crippen LogP contribution in [0.3, 0.4) is 0 Å². The van der Waals surface area contributed by atoms with Gasteiger partial charge in [-0.15, -0.1) is 0 Å². The van der Waals surface area contributed by atoms with Gasteiger partial charge in [-0.3, -0.25) is 9.71 Å². The van der Waals surface area contributed by atoms with Gasteiger partial charge in [-0.2, -0.15) is 4.98 Å². The summed E-state index contributed by atoms with van der Waals surface area (Å²) in [5.41, 5.74) is 1.38. The summed E-state index contributed by atoms with van der Waals surface area (Å²) in [7, 11) is -2.25. The first kappa shape index (κ1) is 22.0. The van der Waals surface area contributed by atoms with E-state index in [1.54, 1.807) is 37.6 Å². The Bertz CT molecular complexity index is 1430. The summed E-state index contributed by atoms with van der Waals surface area (Å²) in [4.78, 5) is 19.2. The fraction of sp³-hybridized carbons (Fsp3) is 0.217. The van der Waals surface area contributed by atoms with E-state index in [9.17, 15) is 8.42 Å². The van der Waals surface area contributed by atoms with Gasteiger partial charge in [0.15, 0.2) is 0 Å². The van der Waals surface area contributed by atoms with Crippen LogP contribution < -0.4 is 14.4 Å². The van der Waals surface area contributed by atoms with Gasteiger partial charge in [0.05, 0.1) is 36.5 Å². The van der Waals surface area contributed by atoms with E-state index >= 15 is 0 Å². The molecule has 1 fully saturated rings. The lowest BCUT2D eigenvalue weighted by molar-refractivity contribution is 0.122. The number of nitrogens with zero attached hydrogens (tertiary/aromatic N) is 5. The maximum atomic E-state index is 12.9. The molecule has 11 heteroatoms. The van der Waals surface area contributed by atoms with E-state index in [1.807, 2.05) is 12.1 Å². The van der Waals surface area contributed by atoms with E-state index < -0.39 is 10.0 Å². The molecule has 0 saturated carbocycles. The molecule has 1 aromatic carbocycles. The second kappa shape index (κ2) is 9.20. The van der Waals surface area contributed by atoms with Crippen LogP contribution in [0.15, 0.2) is 66.1 Å². The van der Waals surface area contributed by atoms with Crippen LogP contribution in [0.4, 0.5) is 11.6 Å². The van der Waals surface area contributed by atoms with Crippen molar-refractivity contribution in [2.75, 3.05) is 43.0 Å². The third-order valence-corrected chi connectivity index (χ3v) is 6.85. The van der Waals surface area contributed by atoms with Crippen LogP contribution in [0.25, 0.3) is 22.0 Å². The molecule has 34 heavy (non-hydrogen) atoms. The van der Waals surface area contributed by atoms with Gasteiger partial charge in [0, 0.05) is 30.9 Å². The zero-order chi connectivity index (χ0) is 23.5. The molecule has 0 radical (unpaired) electrons. The van der Waals surface area contributed by atoms with Crippen LogP contribution in [0.1, 0.15) is 0 Å². The average molecular weight is 479 g/mol. The Morgan fingerprint density at radius 2 is 1.88 bits per heavy atom. The molecule has 174 valence electrons. The van der Waals surface area contributed by atoms with Crippen molar-refractivity contribution < 1.29 is 17.9 Å². The number of anilines is 2. The molecule has 10 nitrogen and oxygen atoms in total. The van der Waals surface area contributed by atoms with Crippen LogP contribution in [-0.2, 0) is 14.8 Å². The minimum atomic E-state index is -3.83. The second-order valence-corrected chi connectivity index (χ2v) is 9.25. The number of fused-ring (bicyclic) bond motifs is 1. The van der Waals surface area contributed by atoms with E-state index in [0.717, 1.165) is 35.2 Å². The molecule has 4 aromatic rings. The summed E-state index contributed by atoms with van der Waals surface area (Å²) < 4.78 is 39.2. The number of morpholine rings is 1. The number of ether oxygens (including phenoxy) is 2. The van der Waals surface area contributed by atoms with Crippen molar-refractivity contribution in [2.24, 2.45) is 0 Å². The number of hydrogen-bond donors (Lipinski definition) is 1. The molecule has 4 heterocycles. The first-order valence-corrected chi connectivity index (χ1v) is 12.1. The van der Waals surface area contributed by atoms with E-state index in [2.05, 4.69) is 24.6 Å². The SMILES string of the molecule is COc1nc(N2CCOCC2)ccc1-c1nccc2cc(S(=O)(=O)Nc3ccncn3)ccc12. The molecular weight excluding hydrogens is 456 g/mol. The Hall–Kier alpha value is -3.83. The molecule has 0 spiro atoms. The van der Waals surface area contributed by atoms with Crippen LogP contribution in [0, 0.1) is 0 Å². The van der Waals surface area contributed by atoms with Crippen LogP contribution in [0.5, 0.6) is 5.88 Å².